The molecule has 0 N–H and O–H groups in total. The molecule has 0 unspecified atom stereocenters. The third kappa shape index (κ3) is 4.91. The molecule has 11 rings (SSSR count). The molecule has 0 fully saturated rings. The maximum Gasteiger partial charge on any atom is 0.137 e. The zero-order valence-electron chi connectivity index (χ0n) is 29.9. The van der Waals surface area contributed by atoms with E-state index in [1.54, 1.807) is 0 Å². The molecule has 0 atom stereocenters. The Bertz CT molecular complexity index is 2970. The SMILES string of the molecule is c1ccc(-c2c3c(c(-c4ccccc4)c4ccccc24)-c2ccc(-c4ccc(N(c5ccccn5)c5ccnc6ccccc56)cc4)c4cccc-3c24)cc1. The van der Waals surface area contributed by atoms with Crippen LogP contribution in [-0.4, -0.2) is 9.97 Å². The van der Waals surface area contributed by atoms with Crippen molar-refractivity contribution in [2.45, 2.75) is 0 Å². The highest BCUT2D eigenvalue weighted by molar-refractivity contribution is 6.28. The third-order valence-corrected chi connectivity index (χ3v) is 11.1. The van der Waals surface area contributed by atoms with Crippen molar-refractivity contribution in [1.29, 1.82) is 0 Å². The first kappa shape index (κ1) is 31.2. The fourth-order valence-corrected chi connectivity index (χ4v) is 8.81. The van der Waals surface area contributed by atoms with Crippen LogP contribution in [0.25, 0.3) is 88.1 Å². The maximum atomic E-state index is 4.79. The van der Waals surface area contributed by atoms with E-state index in [0.29, 0.717) is 0 Å². The van der Waals surface area contributed by atoms with Crippen LogP contribution in [0.1, 0.15) is 0 Å². The van der Waals surface area contributed by atoms with Gasteiger partial charge < -0.3 is 0 Å². The average Bonchev–Trinajstić information content (AvgIpc) is 3.59. The normalized spacial score (nSPS) is 11.6. The van der Waals surface area contributed by atoms with Crippen molar-refractivity contribution in [2.75, 3.05) is 4.90 Å². The molecule has 8 aromatic carbocycles. The van der Waals surface area contributed by atoms with E-state index in [-0.39, 0.29) is 0 Å². The Kier molecular flexibility index (Phi) is 7.17. The molecular formula is C52H33N3. The molecule has 55 heavy (non-hydrogen) atoms. The number of pyridine rings is 2. The summed E-state index contributed by atoms with van der Waals surface area (Å²) in [6.07, 6.45) is 3.72. The molecule has 3 nitrogen and oxygen atoms in total. The molecule has 1 aliphatic rings. The van der Waals surface area contributed by atoms with Crippen molar-refractivity contribution in [3.63, 3.8) is 0 Å². The Labute approximate surface area is 319 Å². The second-order valence-electron chi connectivity index (χ2n) is 14.1. The lowest BCUT2D eigenvalue weighted by Gasteiger charge is -2.25. The monoisotopic (exact) mass is 699 g/mol. The summed E-state index contributed by atoms with van der Waals surface area (Å²) in [5.41, 5.74) is 15.6. The van der Waals surface area contributed by atoms with Crippen molar-refractivity contribution >= 4 is 49.6 Å². The Hall–Kier alpha value is -7.36. The zero-order chi connectivity index (χ0) is 36.3. The van der Waals surface area contributed by atoms with Crippen LogP contribution in [0.4, 0.5) is 17.2 Å². The second-order valence-corrected chi connectivity index (χ2v) is 14.1. The summed E-state index contributed by atoms with van der Waals surface area (Å²) in [5.74, 6) is 0.852. The van der Waals surface area contributed by atoms with Gasteiger partial charge in [-0.2, -0.15) is 0 Å². The van der Waals surface area contributed by atoms with Gasteiger partial charge in [0, 0.05) is 23.5 Å². The zero-order valence-corrected chi connectivity index (χ0v) is 29.9. The van der Waals surface area contributed by atoms with Gasteiger partial charge in [0.05, 0.1) is 11.2 Å². The summed E-state index contributed by atoms with van der Waals surface area (Å²) in [5, 5.41) is 6.17. The summed E-state index contributed by atoms with van der Waals surface area (Å²) < 4.78 is 0. The minimum Gasteiger partial charge on any atom is -0.294 e. The Morgan fingerprint density at radius 3 is 1.58 bits per heavy atom. The van der Waals surface area contributed by atoms with Gasteiger partial charge in [0.25, 0.3) is 0 Å². The number of hydrogen-bond donors (Lipinski definition) is 0. The summed E-state index contributed by atoms with van der Waals surface area (Å²) >= 11 is 0. The number of hydrogen-bond acceptors (Lipinski definition) is 3. The highest BCUT2D eigenvalue weighted by Crippen LogP contribution is 2.58. The number of anilines is 3. The molecule has 3 heteroatoms. The molecule has 0 saturated carbocycles. The van der Waals surface area contributed by atoms with E-state index in [4.69, 9.17) is 4.98 Å². The lowest BCUT2D eigenvalue weighted by molar-refractivity contribution is 1.18. The number of aromatic nitrogens is 2. The van der Waals surface area contributed by atoms with Crippen LogP contribution in [-0.2, 0) is 0 Å². The lowest BCUT2D eigenvalue weighted by atomic mass is 9.82. The van der Waals surface area contributed by atoms with E-state index in [0.717, 1.165) is 28.1 Å². The maximum absolute atomic E-state index is 4.79. The van der Waals surface area contributed by atoms with E-state index in [1.165, 1.54) is 77.2 Å². The first-order valence-corrected chi connectivity index (χ1v) is 18.7. The van der Waals surface area contributed by atoms with Crippen LogP contribution in [0.15, 0.2) is 200 Å². The number of rotatable bonds is 6. The first-order valence-electron chi connectivity index (χ1n) is 18.7. The fourth-order valence-electron chi connectivity index (χ4n) is 8.81. The van der Waals surface area contributed by atoms with Crippen LogP contribution >= 0.6 is 0 Å². The van der Waals surface area contributed by atoms with Gasteiger partial charge in [-0.05, 0) is 114 Å². The van der Waals surface area contributed by atoms with Crippen LogP contribution < -0.4 is 4.90 Å². The minimum atomic E-state index is 0.852. The van der Waals surface area contributed by atoms with E-state index >= 15 is 0 Å². The van der Waals surface area contributed by atoms with E-state index in [9.17, 15) is 0 Å². The van der Waals surface area contributed by atoms with Crippen LogP contribution in [0.3, 0.4) is 0 Å². The summed E-state index contributed by atoms with van der Waals surface area (Å²) in [6, 6.07) is 67.6. The Morgan fingerprint density at radius 2 is 0.909 bits per heavy atom. The molecule has 256 valence electrons. The highest BCUT2D eigenvalue weighted by Gasteiger charge is 2.31. The molecule has 2 aromatic heterocycles. The van der Waals surface area contributed by atoms with Gasteiger partial charge in [0.2, 0.25) is 0 Å². The van der Waals surface area contributed by atoms with Crippen molar-refractivity contribution in [1.82, 2.24) is 9.97 Å². The number of fused-ring (bicyclic) bond motifs is 5. The molecule has 0 spiro atoms. The number of nitrogens with zero attached hydrogens (tertiary/aromatic N) is 3. The Balaban J connectivity index is 1.12. The highest BCUT2D eigenvalue weighted by atomic mass is 15.2. The Morgan fingerprint density at radius 1 is 0.327 bits per heavy atom. The van der Waals surface area contributed by atoms with Gasteiger partial charge in [-0.3, -0.25) is 9.88 Å². The minimum absolute atomic E-state index is 0.852. The number of benzene rings is 8. The third-order valence-electron chi connectivity index (χ3n) is 11.1. The topological polar surface area (TPSA) is 29.0 Å². The van der Waals surface area contributed by atoms with Gasteiger partial charge in [-0.1, -0.05) is 152 Å². The second kappa shape index (κ2) is 12.6. The molecule has 1 aliphatic carbocycles. The molecule has 2 heterocycles. The smallest absolute Gasteiger partial charge is 0.137 e. The van der Waals surface area contributed by atoms with E-state index < -0.39 is 0 Å². The van der Waals surface area contributed by atoms with Crippen LogP contribution in [0.2, 0.25) is 0 Å². The van der Waals surface area contributed by atoms with Gasteiger partial charge in [0.1, 0.15) is 5.82 Å². The van der Waals surface area contributed by atoms with Crippen molar-refractivity contribution in [2.24, 2.45) is 0 Å². The van der Waals surface area contributed by atoms with Gasteiger partial charge in [-0.15, -0.1) is 0 Å². The molecule has 0 amide bonds. The average molecular weight is 700 g/mol. The van der Waals surface area contributed by atoms with Crippen molar-refractivity contribution in [3.8, 4) is 55.6 Å². The van der Waals surface area contributed by atoms with E-state index in [2.05, 4.69) is 180 Å². The molecule has 0 radical (unpaired) electrons. The largest absolute Gasteiger partial charge is 0.294 e. The van der Waals surface area contributed by atoms with Gasteiger partial charge >= 0.3 is 0 Å². The molecule has 0 bridgehead atoms. The molecular weight excluding hydrogens is 667 g/mol. The summed E-state index contributed by atoms with van der Waals surface area (Å²) in [4.78, 5) is 11.7. The van der Waals surface area contributed by atoms with Crippen molar-refractivity contribution in [3.05, 3.63) is 200 Å². The molecule has 0 saturated heterocycles. The quantitative estimate of drug-likeness (QED) is 0.173. The first-order chi connectivity index (χ1) is 27.3. The fraction of sp³-hybridized carbons (Fsp3) is 0. The molecule has 10 aromatic rings. The van der Waals surface area contributed by atoms with E-state index in [1.807, 2.05) is 30.6 Å². The van der Waals surface area contributed by atoms with Crippen LogP contribution in [0.5, 0.6) is 0 Å². The van der Waals surface area contributed by atoms with Crippen LogP contribution in [0, 0.1) is 0 Å². The summed E-state index contributed by atoms with van der Waals surface area (Å²) in [6.45, 7) is 0. The standard InChI is InChI=1S/C52H33N3/c1-3-14-35(15-4-1)48-40-18-7-8-19-41(40)49(36-16-5-2-6-17-36)52-44-30-29-38(39-21-13-22-43(50(39)44)51(48)52)34-25-27-37(28-26-34)55(47-24-11-12-32-54-47)46-31-33-53-45-23-10-9-20-42(45)46/h1-33H. The van der Waals surface area contributed by atoms with Gasteiger partial charge in [0.15, 0.2) is 0 Å². The predicted molar refractivity (Wildman–Crippen MR) is 230 cm³/mol. The van der Waals surface area contributed by atoms with Crippen molar-refractivity contribution < 1.29 is 0 Å². The predicted octanol–water partition coefficient (Wildman–Crippen LogP) is 14.1. The molecule has 0 aliphatic heterocycles. The number of para-hydroxylation sites is 1. The lowest BCUT2D eigenvalue weighted by Crippen LogP contribution is -2.12. The summed E-state index contributed by atoms with van der Waals surface area (Å²) in [7, 11) is 0. The van der Waals surface area contributed by atoms with Gasteiger partial charge in [-0.25, -0.2) is 4.98 Å².